The van der Waals surface area contributed by atoms with Gasteiger partial charge in [0.25, 0.3) is 0 Å². The molecule has 3 nitrogen and oxygen atoms in total. The second-order valence-electron chi connectivity index (χ2n) is 6.68. The van der Waals surface area contributed by atoms with Crippen LogP contribution in [0.4, 0.5) is 8.78 Å². The van der Waals surface area contributed by atoms with Crippen molar-refractivity contribution in [2.24, 2.45) is 5.92 Å². The molecule has 2 aromatic carbocycles. The van der Waals surface area contributed by atoms with Crippen molar-refractivity contribution < 1.29 is 19.0 Å². The van der Waals surface area contributed by atoms with Crippen molar-refractivity contribution in [1.82, 2.24) is 4.90 Å². The van der Waals surface area contributed by atoms with E-state index in [-0.39, 0.29) is 11.5 Å². The zero-order valence-electron chi connectivity index (χ0n) is 14.0. The summed E-state index contributed by atoms with van der Waals surface area (Å²) in [7, 11) is 0. The predicted octanol–water partition coefficient (Wildman–Crippen LogP) is 3.44. The molecule has 1 saturated heterocycles. The SMILES string of the molecule is OC(CN1CCC(C(O)c2ccccc2)CC1)c1ccc(F)cc1F. The Balaban J connectivity index is 1.54. The molecule has 3 rings (SSSR count). The van der Waals surface area contributed by atoms with Gasteiger partial charge in [0, 0.05) is 18.2 Å². The van der Waals surface area contributed by atoms with Crippen LogP contribution < -0.4 is 0 Å². The fraction of sp³-hybridized carbons (Fsp3) is 0.400. The molecule has 1 fully saturated rings. The zero-order valence-corrected chi connectivity index (χ0v) is 14.0. The molecule has 0 aromatic heterocycles. The number of nitrogens with zero attached hydrogens (tertiary/aromatic N) is 1. The van der Waals surface area contributed by atoms with Crippen LogP contribution in [0.1, 0.15) is 36.2 Å². The lowest BCUT2D eigenvalue weighted by Crippen LogP contribution is -2.38. The maximum absolute atomic E-state index is 13.8. The molecule has 25 heavy (non-hydrogen) atoms. The number of hydrogen-bond donors (Lipinski definition) is 2. The van der Waals surface area contributed by atoms with Crippen LogP contribution in [0, 0.1) is 17.6 Å². The summed E-state index contributed by atoms with van der Waals surface area (Å²) in [6.45, 7) is 1.76. The first-order chi connectivity index (χ1) is 12.0. The molecule has 0 radical (unpaired) electrons. The number of hydrogen-bond acceptors (Lipinski definition) is 3. The van der Waals surface area contributed by atoms with E-state index in [2.05, 4.69) is 4.90 Å². The number of halogens is 2. The third-order valence-corrected chi connectivity index (χ3v) is 4.97. The quantitative estimate of drug-likeness (QED) is 0.871. The maximum Gasteiger partial charge on any atom is 0.131 e. The molecule has 0 spiro atoms. The van der Waals surface area contributed by atoms with Gasteiger partial charge in [-0.2, -0.15) is 0 Å². The van der Waals surface area contributed by atoms with Gasteiger partial charge < -0.3 is 15.1 Å². The lowest BCUT2D eigenvalue weighted by Gasteiger charge is -2.35. The van der Waals surface area contributed by atoms with E-state index in [1.54, 1.807) is 0 Å². The van der Waals surface area contributed by atoms with E-state index in [4.69, 9.17) is 0 Å². The van der Waals surface area contributed by atoms with Crippen molar-refractivity contribution in [3.63, 3.8) is 0 Å². The summed E-state index contributed by atoms with van der Waals surface area (Å²) in [5.41, 5.74) is 1.04. The van der Waals surface area contributed by atoms with Gasteiger partial charge in [0.05, 0.1) is 12.2 Å². The van der Waals surface area contributed by atoms with Crippen LogP contribution in [0.3, 0.4) is 0 Å². The highest BCUT2D eigenvalue weighted by atomic mass is 19.1. The molecule has 1 aliphatic rings. The van der Waals surface area contributed by atoms with Gasteiger partial charge in [-0.15, -0.1) is 0 Å². The summed E-state index contributed by atoms with van der Waals surface area (Å²) >= 11 is 0. The van der Waals surface area contributed by atoms with Gasteiger partial charge in [-0.1, -0.05) is 36.4 Å². The minimum Gasteiger partial charge on any atom is -0.388 e. The van der Waals surface area contributed by atoms with Crippen LogP contribution >= 0.6 is 0 Å². The summed E-state index contributed by atoms with van der Waals surface area (Å²) < 4.78 is 26.7. The summed E-state index contributed by atoms with van der Waals surface area (Å²) in [5.74, 6) is -1.19. The summed E-state index contributed by atoms with van der Waals surface area (Å²) in [6.07, 6.45) is 0.155. The molecule has 1 heterocycles. The Hall–Kier alpha value is -1.82. The minimum atomic E-state index is -0.990. The van der Waals surface area contributed by atoms with E-state index in [0.717, 1.165) is 43.6 Å². The molecule has 1 aliphatic heterocycles. The normalized spacial score (nSPS) is 18.9. The van der Waals surface area contributed by atoms with E-state index in [1.165, 1.54) is 6.07 Å². The van der Waals surface area contributed by atoms with E-state index in [9.17, 15) is 19.0 Å². The van der Waals surface area contributed by atoms with Crippen LogP contribution in [0.2, 0.25) is 0 Å². The van der Waals surface area contributed by atoms with Crippen LogP contribution in [0.15, 0.2) is 48.5 Å². The first-order valence-electron chi connectivity index (χ1n) is 8.63. The summed E-state index contributed by atoms with van der Waals surface area (Å²) in [5, 5.41) is 20.7. The van der Waals surface area contributed by atoms with Gasteiger partial charge in [0.2, 0.25) is 0 Å². The first-order valence-corrected chi connectivity index (χ1v) is 8.63. The van der Waals surface area contributed by atoms with Crippen LogP contribution in [-0.4, -0.2) is 34.7 Å². The number of aliphatic hydroxyl groups excluding tert-OH is 2. The molecule has 2 aromatic rings. The highest BCUT2D eigenvalue weighted by Gasteiger charge is 2.27. The Bertz CT molecular complexity index is 687. The largest absolute Gasteiger partial charge is 0.388 e. The summed E-state index contributed by atoms with van der Waals surface area (Å²) in [6, 6.07) is 12.9. The Labute approximate surface area is 146 Å². The molecule has 134 valence electrons. The highest BCUT2D eigenvalue weighted by Crippen LogP contribution is 2.31. The van der Waals surface area contributed by atoms with Gasteiger partial charge in [-0.25, -0.2) is 8.78 Å². The van der Waals surface area contributed by atoms with Crippen molar-refractivity contribution >= 4 is 0 Å². The monoisotopic (exact) mass is 347 g/mol. The van der Waals surface area contributed by atoms with Crippen molar-refractivity contribution in [2.75, 3.05) is 19.6 Å². The topological polar surface area (TPSA) is 43.7 Å². The van der Waals surface area contributed by atoms with Crippen molar-refractivity contribution in [3.8, 4) is 0 Å². The number of β-amino-alcohol motifs (C(OH)–C–C–N with tert-alkyl or cyclic N) is 1. The van der Waals surface area contributed by atoms with Crippen LogP contribution in [-0.2, 0) is 0 Å². The van der Waals surface area contributed by atoms with Gasteiger partial charge in [0.1, 0.15) is 11.6 Å². The maximum atomic E-state index is 13.8. The molecular weight excluding hydrogens is 324 g/mol. The highest BCUT2D eigenvalue weighted by molar-refractivity contribution is 5.21. The number of rotatable bonds is 5. The third kappa shape index (κ3) is 4.42. The predicted molar refractivity (Wildman–Crippen MR) is 91.9 cm³/mol. The molecule has 0 amide bonds. The molecule has 2 atom stereocenters. The fourth-order valence-corrected chi connectivity index (χ4v) is 3.49. The molecular formula is C20H23F2NO2. The number of likely N-dealkylation sites (tertiary alicyclic amines) is 1. The Morgan fingerprint density at radius 2 is 1.68 bits per heavy atom. The number of piperidine rings is 1. The average Bonchev–Trinajstić information content (AvgIpc) is 2.62. The smallest absolute Gasteiger partial charge is 0.131 e. The van der Waals surface area contributed by atoms with E-state index in [1.807, 2.05) is 30.3 Å². The third-order valence-electron chi connectivity index (χ3n) is 4.97. The number of aliphatic hydroxyl groups is 2. The van der Waals surface area contributed by atoms with Crippen molar-refractivity contribution in [2.45, 2.75) is 25.0 Å². The van der Waals surface area contributed by atoms with Crippen molar-refractivity contribution in [1.29, 1.82) is 0 Å². The Morgan fingerprint density at radius 3 is 2.32 bits per heavy atom. The van der Waals surface area contributed by atoms with Crippen molar-refractivity contribution in [3.05, 3.63) is 71.3 Å². The summed E-state index contributed by atoms with van der Waals surface area (Å²) in [4.78, 5) is 2.06. The molecule has 2 N–H and O–H groups in total. The Morgan fingerprint density at radius 1 is 1.00 bits per heavy atom. The second kappa shape index (κ2) is 8.04. The molecule has 0 aliphatic carbocycles. The van der Waals surface area contributed by atoms with E-state index in [0.29, 0.717) is 6.54 Å². The van der Waals surface area contributed by atoms with Gasteiger partial charge >= 0.3 is 0 Å². The second-order valence-corrected chi connectivity index (χ2v) is 6.68. The number of benzene rings is 2. The van der Waals surface area contributed by atoms with Crippen LogP contribution in [0.25, 0.3) is 0 Å². The molecule has 2 unspecified atom stereocenters. The van der Waals surface area contributed by atoms with E-state index < -0.39 is 23.8 Å². The molecule has 0 bridgehead atoms. The van der Waals surface area contributed by atoms with Gasteiger partial charge in [-0.05, 0) is 43.5 Å². The molecule has 5 heteroatoms. The van der Waals surface area contributed by atoms with Crippen LogP contribution in [0.5, 0.6) is 0 Å². The lowest BCUT2D eigenvalue weighted by atomic mass is 9.87. The standard InChI is InChI=1S/C20H23F2NO2/c21-16-6-7-17(18(22)12-16)19(24)13-23-10-8-15(9-11-23)20(25)14-4-2-1-3-5-14/h1-7,12,15,19-20,24-25H,8-11,13H2. The lowest BCUT2D eigenvalue weighted by molar-refractivity contribution is 0.0392. The first kappa shape index (κ1) is 18.0. The fourth-order valence-electron chi connectivity index (χ4n) is 3.49. The van der Waals surface area contributed by atoms with Gasteiger partial charge in [0.15, 0.2) is 0 Å². The minimum absolute atomic E-state index is 0.118. The van der Waals surface area contributed by atoms with E-state index >= 15 is 0 Å². The van der Waals surface area contributed by atoms with Gasteiger partial charge in [-0.3, -0.25) is 0 Å². The Kier molecular flexibility index (Phi) is 5.78. The molecule has 0 saturated carbocycles. The average molecular weight is 347 g/mol. The zero-order chi connectivity index (χ0) is 17.8.